The van der Waals surface area contributed by atoms with Gasteiger partial charge in [-0.05, 0) is 48.3 Å². The van der Waals surface area contributed by atoms with E-state index in [9.17, 15) is 4.79 Å². The molecular formula is C12H12ClN3OS3. The first-order chi connectivity index (χ1) is 9.63. The maximum absolute atomic E-state index is 12.0. The lowest BCUT2D eigenvalue weighted by atomic mass is 10.3. The fourth-order valence-electron chi connectivity index (χ4n) is 1.45. The first-order valence-electron chi connectivity index (χ1n) is 5.55. The van der Waals surface area contributed by atoms with Crippen LogP contribution in [0.4, 0.5) is 16.2 Å². The number of nitrogens with one attached hydrogen (secondary N) is 2. The largest absolute Gasteiger partial charge is 0.323 e. The van der Waals surface area contributed by atoms with Crippen molar-refractivity contribution in [2.45, 2.75) is 9.24 Å². The minimum Gasteiger partial charge on any atom is -0.308 e. The van der Waals surface area contributed by atoms with Crippen molar-refractivity contribution in [2.24, 2.45) is 0 Å². The molecular weight excluding hydrogens is 334 g/mol. The molecule has 0 saturated carbocycles. The van der Waals surface area contributed by atoms with Gasteiger partial charge < -0.3 is 10.6 Å². The fourth-order valence-corrected chi connectivity index (χ4v) is 3.73. The predicted octanol–water partition coefficient (Wildman–Crippen LogP) is 4.88. The van der Waals surface area contributed by atoms with Crippen LogP contribution in [0.5, 0.6) is 0 Å². The number of benzene rings is 1. The van der Waals surface area contributed by atoms with Crippen LogP contribution in [0.3, 0.4) is 0 Å². The van der Waals surface area contributed by atoms with Gasteiger partial charge in [0.25, 0.3) is 0 Å². The number of anilines is 2. The van der Waals surface area contributed by atoms with Crippen molar-refractivity contribution >= 4 is 64.1 Å². The molecule has 106 valence electrons. The van der Waals surface area contributed by atoms with Gasteiger partial charge in [-0.25, -0.2) is 4.79 Å². The number of urea groups is 1. The van der Waals surface area contributed by atoms with E-state index in [1.165, 1.54) is 23.3 Å². The summed E-state index contributed by atoms with van der Waals surface area (Å²) in [7, 11) is 0. The standard InChI is InChI=1S/C12H12ClN3OS3/c1-18-10-9(11(19-2)20-16-10)15-12(17)14-8-5-3-7(13)4-6-8/h3-6H,1-2H3,(H2,14,15,17). The normalized spacial score (nSPS) is 10.3. The molecule has 0 aliphatic carbocycles. The summed E-state index contributed by atoms with van der Waals surface area (Å²) in [5, 5.41) is 7.06. The van der Waals surface area contributed by atoms with Gasteiger partial charge in [-0.1, -0.05) is 11.6 Å². The Kier molecular flexibility index (Phi) is 5.59. The van der Waals surface area contributed by atoms with E-state index < -0.39 is 0 Å². The summed E-state index contributed by atoms with van der Waals surface area (Å²) in [6.45, 7) is 0. The minimum atomic E-state index is -0.293. The predicted molar refractivity (Wildman–Crippen MR) is 89.8 cm³/mol. The monoisotopic (exact) mass is 345 g/mol. The minimum absolute atomic E-state index is 0.293. The Bertz CT molecular complexity index is 579. The molecule has 1 heterocycles. The Morgan fingerprint density at radius 1 is 1.20 bits per heavy atom. The van der Waals surface area contributed by atoms with E-state index in [1.807, 2.05) is 12.5 Å². The smallest absolute Gasteiger partial charge is 0.308 e. The molecule has 2 N–H and O–H groups in total. The molecule has 1 aromatic carbocycles. The van der Waals surface area contributed by atoms with Crippen LogP contribution in [0.15, 0.2) is 33.5 Å². The molecule has 1 aromatic heterocycles. The summed E-state index contributed by atoms with van der Waals surface area (Å²) in [6, 6.07) is 6.66. The Morgan fingerprint density at radius 2 is 1.90 bits per heavy atom. The number of nitrogens with zero attached hydrogens (tertiary/aromatic N) is 1. The Labute approximate surface area is 134 Å². The molecule has 8 heteroatoms. The Hall–Kier alpha value is -0.890. The van der Waals surface area contributed by atoms with Gasteiger partial charge in [0, 0.05) is 10.7 Å². The highest BCUT2D eigenvalue weighted by atomic mass is 35.5. The van der Waals surface area contributed by atoms with E-state index in [-0.39, 0.29) is 6.03 Å². The van der Waals surface area contributed by atoms with Crippen LogP contribution in [-0.4, -0.2) is 22.9 Å². The third kappa shape index (κ3) is 3.82. The molecule has 0 unspecified atom stereocenters. The summed E-state index contributed by atoms with van der Waals surface area (Å²) < 4.78 is 5.29. The first-order valence-corrected chi connectivity index (χ1v) is 9.15. The number of thioether (sulfide) groups is 2. The Morgan fingerprint density at radius 3 is 2.50 bits per heavy atom. The first kappa shape index (κ1) is 15.5. The molecule has 0 bridgehead atoms. The summed E-state index contributed by atoms with van der Waals surface area (Å²) in [5.74, 6) is 0. The molecule has 0 spiro atoms. The van der Waals surface area contributed by atoms with Crippen LogP contribution >= 0.6 is 46.7 Å². The molecule has 0 aliphatic rings. The highest BCUT2D eigenvalue weighted by Gasteiger charge is 2.15. The lowest BCUT2D eigenvalue weighted by Gasteiger charge is -2.08. The van der Waals surface area contributed by atoms with Crippen molar-refractivity contribution in [2.75, 3.05) is 23.1 Å². The van der Waals surface area contributed by atoms with E-state index in [0.29, 0.717) is 10.7 Å². The van der Waals surface area contributed by atoms with E-state index in [4.69, 9.17) is 11.6 Å². The van der Waals surface area contributed by atoms with Crippen molar-refractivity contribution in [3.63, 3.8) is 0 Å². The van der Waals surface area contributed by atoms with Crippen LogP contribution in [-0.2, 0) is 0 Å². The maximum Gasteiger partial charge on any atom is 0.323 e. The van der Waals surface area contributed by atoms with Gasteiger partial charge in [0.2, 0.25) is 0 Å². The second-order valence-corrected chi connectivity index (χ2v) is 6.72. The van der Waals surface area contributed by atoms with Gasteiger partial charge in [-0.3, -0.25) is 0 Å². The summed E-state index contributed by atoms with van der Waals surface area (Å²) in [6.07, 6.45) is 3.89. The molecule has 2 aromatic rings. The molecule has 20 heavy (non-hydrogen) atoms. The van der Waals surface area contributed by atoms with Gasteiger partial charge in [0.15, 0.2) is 0 Å². The zero-order chi connectivity index (χ0) is 14.5. The van der Waals surface area contributed by atoms with Crippen LogP contribution in [0, 0.1) is 0 Å². The van der Waals surface area contributed by atoms with Crippen molar-refractivity contribution in [3.8, 4) is 0 Å². The summed E-state index contributed by atoms with van der Waals surface area (Å²) in [5.41, 5.74) is 1.45. The highest BCUT2D eigenvalue weighted by Crippen LogP contribution is 2.37. The molecule has 0 radical (unpaired) electrons. The number of halogens is 1. The second-order valence-electron chi connectivity index (χ2n) is 3.64. The molecule has 0 fully saturated rings. The van der Waals surface area contributed by atoms with Crippen LogP contribution in [0.2, 0.25) is 5.02 Å². The lowest BCUT2D eigenvalue weighted by Crippen LogP contribution is -2.19. The van der Waals surface area contributed by atoms with Gasteiger partial charge in [-0.15, -0.1) is 23.5 Å². The average Bonchev–Trinajstić information content (AvgIpc) is 2.83. The van der Waals surface area contributed by atoms with Crippen LogP contribution in [0.1, 0.15) is 0 Å². The third-order valence-electron chi connectivity index (χ3n) is 2.35. The lowest BCUT2D eigenvalue weighted by molar-refractivity contribution is 0.262. The number of hydrogen-bond donors (Lipinski definition) is 2. The number of carbonyl (C=O) groups is 1. The average molecular weight is 346 g/mol. The topological polar surface area (TPSA) is 54.0 Å². The molecule has 0 saturated heterocycles. The van der Waals surface area contributed by atoms with Gasteiger partial charge in [-0.2, -0.15) is 4.37 Å². The Balaban J connectivity index is 2.08. The van der Waals surface area contributed by atoms with Crippen molar-refractivity contribution in [1.29, 1.82) is 0 Å². The molecule has 4 nitrogen and oxygen atoms in total. The molecule has 2 rings (SSSR count). The highest BCUT2D eigenvalue weighted by molar-refractivity contribution is 8.01. The molecule has 0 atom stereocenters. The number of amides is 2. The third-order valence-corrected chi connectivity index (χ3v) is 5.34. The fraction of sp³-hybridized carbons (Fsp3) is 0.167. The molecule has 2 amide bonds. The van der Waals surface area contributed by atoms with E-state index in [1.54, 1.807) is 36.0 Å². The van der Waals surface area contributed by atoms with E-state index in [2.05, 4.69) is 15.0 Å². The second kappa shape index (κ2) is 7.21. The number of carbonyl (C=O) groups excluding carboxylic acids is 1. The number of aromatic nitrogens is 1. The van der Waals surface area contributed by atoms with Gasteiger partial charge in [0.1, 0.15) is 14.9 Å². The van der Waals surface area contributed by atoms with E-state index in [0.717, 1.165) is 14.9 Å². The summed E-state index contributed by atoms with van der Waals surface area (Å²) in [4.78, 5) is 12.0. The van der Waals surface area contributed by atoms with Crippen molar-refractivity contribution in [3.05, 3.63) is 29.3 Å². The van der Waals surface area contributed by atoms with E-state index >= 15 is 0 Å². The SMILES string of the molecule is CSc1nsc(SC)c1NC(=O)Nc1ccc(Cl)cc1. The molecule has 0 aliphatic heterocycles. The maximum atomic E-state index is 12.0. The van der Waals surface area contributed by atoms with Gasteiger partial charge in [0.05, 0.1) is 0 Å². The zero-order valence-corrected chi connectivity index (χ0v) is 14.0. The van der Waals surface area contributed by atoms with Gasteiger partial charge >= 0.3 is 6.03 Å². The number of hydrogen-bond acceptors (Lipinski definition) is 5. The van der Waals surface area contributed by atoms with Crippen molar-refractivity contribution < 1.29 is 4.79 Å². The zero-order valence-electron chi connectivity index (χ0n) is 10.8. The quantitative estimate of drug-likeness (QED) is 0.775. The number of rotatable bonds is 4. The van der Waals surface area contributed by atoms with Crippen molar-refractivity contribution in [1.82, 2.24) is 4.37 Å². The van der Waals surface area contributed by atoms with Crippen LogP contribution < -0.4 is 10.6 Å². The van der Waals surface area contributed by atoms with Crippen LogP contribution in [0.25, 0.3) is 0 Å². The summed E-state index contributed by atoms with van der Waals surface area (Å²) >= 11 is 10.3.